The summed E-state index contributed by atoms with van der Waals surface area (Å²) in [5, 5.41) is 3.07. The number of rotatable bonds is 3. The standard InChI is InChI=1S/C12H15F3N2O2S/c1-17(9-2-4-16-5-3-9)20(18,19)12-10(14)6-8(13)7-11(12)15/h6-7,9,16H,2-5H2,1H3. The maximum atomic E-state index is 13.6. The maximum absolute atomic E-state index is 13.6. The molecule has 1 aromatic carbocycles. The van der Waals surface area contributed by atoms with Crippen molar-refractivity contribution in [1.29, 1.82) is 0 Å². The van der Waals surface area contributed by atoms with Crippen LogP contribution in [0.5, 0.6) is 0 Å². The van der Waals surface area contributed by atoms with E-state index >= 15 is 0 Å². The van der Waals surface area contributed by atoms with Gasteiger partial charge in [-0.3, -0.25) is 0 Å². The van der Waals surface area contributed by atoms with Crippen LogP contribution >= 0.6 is 0 Å². The number of hydrogen-bond acceptors (Lipinski definition) is 3. The van der Waals surface area contributed by atoms with Gasteiger partial charge in [0.15, 0.2) is 4.90 Å². The minimum atomic E-state index is -4.33. The van der Waals surface area contributed by atoms with Crippen LogP contribution in [0.2, 0.25) is 0 Å². The van der Waals surface area contributed by atoms with Gasteiger partial charge in [-0.25, -0.2) is 21.6 Å². The molecule has 0 saturated carbocycles. The molecule has 0 unspecified atom stereocenters. The lowest BCUT2D eigenvalue weighted by Gasteiger charge is -2.30. The van der Waals surface area contributed by atoms with Crippen molar-refractivity contribution in [3.63, 3.8) is 0 Å². The average molecular weight is 308 g/mol. The van der Waals surface area contributed by atoms with Gasteiger partial charge < -0.3 is 5.32 Å². The monoisotopic (exact) mass is 308 g/mol. The Hall–Kier alpha value is -1.12. The molecule has 4 nitrogen and oxygen atoms in total. The Balaban J connectivity index is 2.39. The van der Waals surface area contributed by atoms with E-state index in [9.17, 15) is 21.6 Å². The third-order valence-electron chi connectivity index (χ3n) is 3.42. The molecule has 0 spiro atoms. The van der Waals surface area contributed by atoms with Crippen molar-refractivity contribution in [2.24, 2.45) is 0 Å². The predicted octanol–water partition coefficient (Wildman–Crippen LogP) is 1.48. The molecular formula is C12H15F3N2O2S. The molecule has 1 aliphatic heterocycles. The number of nitrogens with one attached hydrogen (secondary N) is 1. The average Bonchev–Trinajstić information content (AvgIpc) is 2.37. The molecule has 112 valence electrons. The molecule has 0 aliphatic carbocycles. The first kappa shape index (κ1) is 15.3. The molecule has 1 aliphatic rings. The van der Waals surface area contributed by atoms with Crippen molar-refractivity contribution < 1.29 is 21.6 Å². The topological polar surface area (TPSA) is 49.4 Å². The SMILES string of the molecule is CN(C1CCNCC1)S(=O)(=O)c1c(F)cc(F)cc1F. The fourth-order valence-corrected chi connectivity index (χ4v) is 3.79. The highest BCUT2D eigenvalue weighted by Crippen LogP contribution is 2.26. The molecule has 0 bridgehead atoms. The number of piperidine rings is 1. The predicted molar refractivity (Wildman–Crippen MR) is 67.2 cm³/mol. The van der Waals surface area contributed by atoms with Gasteiger partial charge in [0.1, 0.15) is 17.5 Å². The lowest BCUT2D eigenvalue weighted by atomic mass is 10.1. The second kappa shape index (κ2) is 5.71. The van der Waals surface area contributed by atoms with Crippen LogP contribution in [0.4, 0.5) is 13.2 Å². The Morgan fingerprint density at radius 3 is 2.15 bits per heavy atom. The van der Waals surface area contributed by atoms with Gasteiger partial charge in [-0.2, -0.15) is 4.31 Å². The van der Waals surface area contributed by atoms with E-state index in [1.165, 1.54) is 7.05 Å². The summed E-state index contributed by atoms with van der Waals surface area (Å²) in [6.45, 7) is 1.28. The molecule has 20 heavy (non-hydrogen) atoms. The molecule has 1 N–H and O–H groups in total. The highest BCUT2D eigenvalue weighted by molar-refractivity contribution is 7.89. The lowest BCUT2D eigenvalue weighted by molar-refractivity contribution is 0.294. The van der Waals surface area contributed by atoms with Gasteiger partial charge in [0.05, 0.1) is 0 Å². The number of sulfonamides is 1. The molecule has 1 heterocycles. The van der Waals surface area contributed by atoms with Crippen LogP contribution in [-0.4, -0.2) is 38.9 Å². The largest absolute Gasteiger partial charge is 0.317 e. The Morgan fingerprint density at radius 1 is 1.15 bits per heavy atom. The summed E-state index contributed by atoms with van der Waals surface area (Å²) in [5.74, 6) is -3.98. The smallest absolute Gasteiger partial charge is 0.248 e. The van der Waals surface area contributed by atoms with Crippen LogP contribution in [0, 0.1) is 17.5 Å². The van der Waals surface area contributed by atoms with Gasteiger partial charge in [-0.1, -0.05) is 0 Å². The molecule has 8 heteroatoms. The number of benzene rings is 1. The van der Waals surface area contributed by atoms with Gasteiger partial charge in [0.25, 0.3) is 0 Å². The number of halogens is 3. The third-order valence-corrected chi connectivity index (χ3v) is 5.39. The first-order valence-electron chi connectivity index (χ1n) is 6.17. The van der Waals surface area contributed by atoms with E-state index in [4.69, 9.17) is 0 Å². The van der Waals surface area contributed by atoms with Crippen molar-refractivity contribution in [3.8, 4) is 0 Å². The van der Waals surface area contributed by atoms with Gasteiger partial charge >= 0.3 is 0 Å². The Kier molecular flexibility index (Phi) is 4.36. The van der Waals surface area contributed by atoms with Crippen LogP contribution in [0.1, 0.15) is 12.8 Å². The zero-order valence-electron chi connectivity index (χ0n) is 10.9. The quantitative estimate of drug-likeness (QED) is 0.920. The third kappa shape index (κ3) is 2.82. The van der Waals surface area contributed by atoms with E-state index in [-0.39, 0.29) is 6.04 Å². The molecule has 1 fully saturated rings. The van der Waals surface area contributed by atoms with Crippen molar-refractivity contribution in [1.82, 2.24) is 9.62 Å². The highest BCUT2D eigenvalue weighted by atomic mass is 32.2. The summed E-state index contributed by atoms with van der Waals surface area (Å²) in [6, 6.07) is 0.406. The summed E-state index contributed by atoms with van der Waals surface area (Å²) in [6.07, 6.45) is 1.11. The Labute approximate surface area is 115 Å². The lowest BCUT2D eigenvalue weighted by Crippen LogP contribution is -2.44. The van der Waals surface area contributed by atoms with Gasteiger partial charge in [0, 0.05) is 25.2 Å². The minimum absolute atomic E-state index is 0.329. The van der Waals surface area contributed by atoms with Crippen molar-refractivity contribution in [2.45, 2.75) is 23.8 Å². The fraction of sp³-hybridized carbons (Fsp3) is 0.500. The van der Waals surface area contributed by atoms with Crippen molar-refractivity contribution in [3.05, 3.63) is 29.6 Å². The molecule has 1 saturated heterocycles. The molecule has 0 atom stereocenters. The zero-order valence-corrected chi connectivity index (χ0v) is 11.7. The molecule has 0 radical (unpaired) electrons. The summed E-state index contributed by atoms with van der Waals surface area (Å²) in [5.41, 5.74) is 0. The van der Waals surface area contributed by atoms with Crippen LogP contribution in [0.25, 0.3) is 0 Å². The molecule has 0 aromatic heterocycles. The summed E-state index contributed by atoms with van der Waals surface area (Å²) in [4.78, 5) is -1.10. The highest BCUT2D eigenvalue weighted by Gasteiger charge is 2.33. The van der Waals surface area contributed by atoms with E-state index in [0.717, 1.165) is 4.31 Å². The Morgan fingerprint density at radius 2 is 1.65 bits per heavy atom. The summed E-state index contributed by atoms with van der Waals surface area (Å²) < 4.78 is 65.7. The second-order valence-electron chi connectivity index (χ2n) is 4.70. The normalized spacial score (nSPS) is 17.6. The van der Waals surface area contributed by atoms with E-state index in [1.807, 2.05) is 0 Å². The number of hydrogen-bond donors (Lipinski definition) is 1. The molecule has 1 aromatic rings. The Bertz CT molecular complexity index is 578. The summed E-state index contributed by atoms with van der Waals surface area (Å²) in [7, 11) is -3.04. The maximum Gasteiger partial charge on any atom is 0.248 e. The first-order valence-corrected chi connectivity index (χ1v) is 7.61. The van der Waals surface area contributed by atoms with E-state index in [0.29, 0.717) is 38.1 Å². The first-order chi connectivity index (χ1) is 9.34. The second-order valence-corrected chi connectivity index (χ2v) is 6.64. The van der Waals surface area contributed by atoms with Gasteiger partial charge in [0.2, 0.25) is 10.0 Å². The van der Waals surface area contributed by atoms with E-state index < -0.39 is 32.4 Å². The van der Waals surface area contributed by atoms with Gasteiger partial charge in [-0.05, 0) is 25.9 Å². The van der Waals surface area contributed by atoms with E-state index in [1.54, 1.807) is 0 Å². The summed E-state index contributed by atoms with van der Waals surface area (Å²) >= 11 is 0. The molecule has 0 amide bonds. The van der Waals surface area contributed by atoms with Crippen LogP contribution < -0.4 is 5.32 Å². The van der Waals surface area contributed by atoms with E-state index in [2.05, 4.69) is 5.32 Å². The van der Waals surface area contributed by atoms with Gasteiger partial charge in [-0.15, -0.1) is 0 Å². The fourth-order valence-electron chi connectivity index (χ4n) is 2.29. The van der Waals surface area contributed by atoms with Crippen molar-refractivity contribution >= 4 is 10.0 Å². The van der Waals surface area contributed by atoms with Crippen LogP contribution in [0.15, 0.2) is 17.0 Å². The minimum Gasteiger partial charge on any atom is -0.317 e. The van der Waals surface area contributed by atoms with Crippen LogP contribution in [-0.2, 0) is 10.0 Å². The molecular weight excluding hydrogens is 293 g/mol. The van der Waals surface area contributed by atoms with Crippen molar-refractivity contribution in [2.75, 3.05) is 20.1 Å². The molecule has 2 rings (SSSR count). The number of nitrogens with zero attached hydrogens (tertiary/aromatic N) is 1. The van der Waals surface area contributed by atoms with Crippen LogP contribution in [0.3, 0.4) is 0 Å². The zero-order chi connectivity index (χ0) is 14.9.